The summed E-state index contributed by atoms with van der Waals surface area (Å²) in [7, 11) is 0. The Bertz CT molecular complexity index is 1350. The molecule has 0 aliphatic heterocycles. The zero-order valence-electron chi connectivity index (χ0n) is 18.1. The Morgan fingerprint density at radius 2 is 1.88 bits per heavy atom. The van der Waals surface area contributed by atoms with Crippen molar-refractivity contribution >= 4 is 34.1 Å². The number of carbonyl (C=O) groups is 1. The summed E-state index contributed by atoms with van der Waals surface area (Å²) in [5.74, 6) is 0. The second-order valence-corrected chi connectivity index (χ2v) is 8.98. The van der Waals surface area contributed by atoms with Gasteiger partial charge < -0.3 is 15.6 Å². The van der Waals surface area contributed by atoms with E-state index in [2.05, 4.69) is 36.4 Å². The molecule has 0 saturated heterocycles. The minimum Gasteiger partial charge on any atom is -0.332 e. The van der Waals surface area contributed by atoms with Crippen molar-refractivity contribution < 1.29 is 4.79 Å². The number of anilines is 1. The Morgan fingerprint density at radius 1 is 1.09 bits per heavy atom. The fraction of sp³-hybridized carbons (Fsp3) is 0.208. The lowest BCUT2D eigenvalue weighted by Crippen LogP contribution is -2.29. The van der Waals surface area contributed by atoms with Gasteiger partial charge in [-0.3, -0.25) is 4.79 Å². The standard InChI is InChI=1S/C24H24ClN5O2/c1-24(2,3)21-13-17(30(29-21)16-7-4-6-15(25)12-16)14-27-23(32)28-20-9-5-8-19-18(20)10-11-26-22(19)31/h4-13H,14H2,1-3H3,(H,26,31)(H2,27,28,32). The quantitative estimate of drug-likeness (QED) is 0.410. The number of amides is 2. The van der Waals surface area contributed by atoms with E-state index in [-0.39, 0.29) is 23.6 Å². The molecule has 0 unspecified atom stereocenters. The number of urea groups is 1. The van der Waals surface area contributed by atoms with E-state index < -0.39 is 0 Å². The molecule has 32 heavy (non-hydrogen) atoms. The molecule has 2 aromatic heterocycles. The maximum Gasteiger partial charge on any atom is 0.319 e. The van der Waals surface area contributed by atoms with Crippen molar-refractivity contribution in [2.24, 2.45) is 0 Å². The summed E-state index contributed by atoms with van der Waals surface area (Å²) < 4.78 is 1.80. The molecule has 3 N–H and O–H groups in total. The van der Waals surface area contributed by atoms with Crippen molar-refractivity contribution in [1.82, 2.24) is 20.1 Å². The third-order valence-corrected chi connectivity index (χ3v) is 5.33. The van der Waals surface area contributed by atoms with Gasteiger partial charge in [-0.1, -0.05) is 44.5 Å². The summed E-state index contributed by atoms with van der Waals surface area (Å²) in [4.78, 5) is 27.3. The van der Waals surface area contributed by atoms with Crippen LogP contribution in [0, 0.1) is 0 Å². The summed E-state index contributed by atoms with van der Waals surface area (Å²) in [5, 5.41) is 12.3. The summed E-state index contributed by atoms with van der Waals surface area (Å²) >= 11 is 6.18. The van der Waals surface area contributed by atoms with E-state index in [1.807, 2.05) is 24.3 Å². The average molecular weight is 450 g/mol. The first kappa shape index (κ1) is 21.6. The highest BCUT2D eigenvalue weighted by Crippen LogP contribution is 2.25. The van der Waals surface area contributed by atoms with Gasteiger partial charge in [-0.05, 0) is 42.5 Å². The Kier molecular flexibility index (Phi) is 5.76. The highest BCUT2D eigenvalue weighted by atomic mass is 35.5. The molecule has 164 valence electrons. The smallest absolute Gasteiger partial charge is 0.319 e. The topological polar surface area (TPSA) is 91.8 Å². The second-order valence-electron chi connectivity index (χ2n) is 8.54. The Balaban J connectivity index is 1.57. The van der Waals surface area contributed by atoms with Crippen LogP contribution in [0.15, 0.2) is 65.6 Å². The van der Waals surface area contributed by atoms with Crippen molar-refractivity contribution in [3.8, 4) is 5.69 Å². The molecule has 4 aromatic rings. The number of rotatable bonds is 4. The molecule has 0 bridgehead atoms. The van der Waals surface area contributed by atoms with Crippen LogP contribution in [0.25, 0.3) is 16.5 Å². The Hall–Kier alpha value is -3.58. The van der Waals surface area contributed by atoms with Crippen LogP contribution in [0.1, 0.15) is 32.2 Å². The van der Waals surface area contributed by atoms with Crippen LogP contribution in [0.2, 0.25) is 5.02 Å². The number of aromatic amines is 1. The molecule has 7 nitrogen and oxygen atoms in total. The lowest BCUT2D eigenvalue weighted by atomic mass is 9.92. The predicted octanol–water partition coefficient (Wildman–Crippen LogP) is 4.99. The van der Waals surface area contributed by atoms with Gasteiger partial charge in [-0.2, -0.15) is 5.10 Å². The number of halogens is 1. The Labute approximate surface area is 190 Å². The minimum atomic E-state index is -0.381. The number of carbonyl (C=O) groups excluding carboxylic acids is 1. The van der Waals surface area contributed by atoms with E-state index in [4.69, 9.17) is 16.7 Å². The van der Waals surface area contributed by atoms with E-state index in [1.165, 1.54) is 0 Å². The fourth-order valence-electron chi connectivity index (χ4n) is 3.41. The molecule has 0 spiro atoms. The zero-order chi connectivity index (χ0) is 22.9. The molecule has 2 aromatic carbocycles. The van der Waals surface area contributed by atoms with Gasteiger partial charge in [0.1, 0.15) is 0 Å². The minimum absolute atomic E-state index is 0.156. The molecule has 4 rings (SSSR count). The van der Waals surface area contributed by atoms with Gasteiger partial charge >= 0.3 is 6.03 Å². The lowest BCUT2D eigenvalue weighted by molar-refractivity contribution is 0.251. The van der Waals surface area contributed by atoms with Gasteiger partial charge in [-0.15, -0.1) is 0 Å². The van der Waals surface area contributed by atoms with Gasteiger partial charge in [0.15, 0.2) is 0 Å². The number of aromatic nitrogens is 3. The van der Waals surface area contributed by atoms with Gasteiger partial charge in [0.25, 0.3) is 5.56 Å². The summed E-state index contributed by atoms with van der Waals surface area (Å²) in [6.07, 6.45) is 1.56. The third kappa shape index (κ3) is 4.53. The van der Waals surface area contributed by atoms with E-state index in [9.17, 15) is 9.59 Å². The molecular formula is C24H24ClN5O2. The number of H-pyrrole nitrogens is 1. The molecule has 2 amide bonds. The SMILES string of the molecule is CC(C)(C)c1cc(CNC(=O)Nc2cccc3c(=O)[nH]ccc23)n(-c2cccc(Cl)c2)n1. The van der Waals surface area contributed by atoms with Crippen molar-refractivity contribution in [1.29, 1.82) is 0 Å². The van der Waals surface area contributed by atoms with Crippen LogP contribution in [-0.2, 0) is 12.0 Å². The van der Waals surface area contributed by atoms with E-state index in [1.54, 1.807) is 41.2 Å². The number of fused-ring (bicyclic) bond motifs is 1. The maximum atomic E-state index is 12.7. The zero-order valence-corrected chi connectivity index (χ0v) is 18.8. The number of hydrogen-bond donors (Lipinski definition) is 3. The first-order valence-electron chi connectivity index (χ1n) is 10.2. The van der Waals surface area contributed by atoms with Crippen LogP contribution in [0.4, 0.5) is 10.5 Å². The first-order valence-corrected chi connectivity index (χ1v) is 10.6. The van der Waals surface area contributed by atoms with Gasteiger partial charge in [0.2, 0.25) is 0 Å². The van der Waals surface area contributed by atoms with E-state index in [0.717, 1.165) is 17.1 Å². The highest BCUT2D eigenvalue weighted by Gasteiger charge is 2.21. The maximum absolute atomic E-state index is 12.7. The molecule has 0 atom stereocenters. The highest BCUT2D eigenvalue weighted by molar-refractivity contribution is 6.30. The number of nitrogens with one attached hydrogen (secondary N) is 3. The van der Waals surface area contributed by atoms with E-state index >= 15 is 0 Å². The van der Waals surface area contributed by atoms with Crippen LogP contribution in [0.5, 0.6) is 0 Å². The summed E-state index contributed by atoms with van der Waals surface area (Å²) in [6, 6.07) is 16.0. The summed E-state index contributed by atoms with van der Waals surface area (Å²) in [5.41, 5.74) is 2.75. The van der Waals surface area contributed by atoms with Crippen LogP contribution in [0.3, 0.4) is 0 Å². The molecule has 0 aliphatic carbocycles. The van der Waals surface area contributed by atoms with Crippen molar-refractivity contribution in [3.05, 3.63) is 87.6 Å². The van der Waals surface area contributed by atoms with Crippen molar-refractivity contribution in [2.75, 3.05) is 5.32 Å². The predicted molar refractivity (Wildman–Crippen MR) is 128 cm³/mol. The van der Waals surface area contributed by atoms with Crippen LogP contribution < -0.4 is 16.2 Å². The Morgan fingerprint density at radius 3 is 2.62 bits per heavy atom. The van der Waals surface area contributed by atoms with E-state index in [0.29, 0.717) is 21.5 Å². The molecule has 0 saturated carbocycles. The first-order chi connectivity index (χ1) is 15.2. The van der Waals surface area contributed by atoms with Gasteiger partial charge in [-0.25, -0.2) is 9.48 Å². The molecule has 8 heteroatoms. The number of pyridine rings is 1. The molecule has 2 heterocycles. The van der Waals surface area contributed by atoms with Gasteiger partial charge in [0, 0.05) is 27.4 Å². The lowest BCUT2D eigenvalue weighted by Gasteiger charge is -2.14. The van der Waals surface area contributed by atoms with Crippen LogP contribution >= 0.6 is 11.6 Å². The number of benzene rings is 2. The fourth-order valence-corrected chi connectivity index (χ4v) is 3.60. The molecule has 0 aliphatic rings. The second kappa shape index (κ2) is 8.51. The molecular weight excluding hydrogens is 426 g/mol. The van der Waals surface area contributed by atoms with Crippen molar-refractivity contribution in [2.45, 2.75) is 32.7 Å². The largest absolute Gasteiger partial charge is 0.332 e. The normalized spacial score (nSPS) is 11.5. The monoisotopic (exact) mass is 449 g/mol. The molecule has 0 fully saturated rings. The number of hydrogen-bond acceptors (Lipinski definition) is 3. The summed E-state index contributed by atoms with van der Waals surface area (Å²) in [6.45, 7) is 6.52. The average Bonchev–Trinajstić information content (AvgIpc) is 3.18. The number of nitrogens with zero attached hydrogens (tertiary/aromatic N) is 2. The third-order valence-electron chi connectivity index (χ3n) is 5.10. The molecule has 0 radical (unpaired) electrons. The van der Waals surface area contributed by atoms with Crippen LogP contribution in [-0.4, -0.2) is 20.8 Å². The van der Waals surface area contributed by atoms with Gasteiger partial charge in [0.05, 0.1) is 29.3 Å². The van der Waals surface area contributed by atoms with Crippen molar-refractivity contribution in [3.63, 3.8) is 0 Å².